The summed E-state index contributed by atoms with van der Waals surface area (Å²) in [5, 5.41) is 20.2. The molecule has 1 aromatic heterocycles. The molecule has 0 atom stereocenters. The Labute approximate surface area is 165 Å². The molecule has 2 aromatic carbocycles. The molecule has 1 amide bonds. The van der Waals surface area contributed by atoms with E-state index in [4.69, 9.17) is 4.74 Å². The monoisotopic (exact) mass is 394 g/mol. The van der Waals surface area contributed by atoms with Gasteiger partial charge in [-0.3, -0.25) is 20.0 Å². The number of hydrogen-bond acceptors (Lipinski definition) is 6. The molecule has 148 valence electrons. The second kappa shape index (κ2) is 8.34. The van der Waals surface area contributed by atoms with Crippen molar-refractivity contribution in [3.05, 3.63) is 75.5 Å². The number of amides is 1. The lowest BCUT2D eigenvalue weighted by atomic mass is 10.1. The van der Waals surface area contributed by atoms with Crippen LogP contribution in [0.25, 0.3) is 11.3 Å². The summed E-state index contributed by atoms with van der Waals surface area (Å²) in [6, 6.07) is 13.6. The van der Waals surface area contributed by atoms with Crippen LogP contribution in [-0.2, 0) is 9.53 Å². The van der Waals surface area contributed by atoms with Gasteiger partial charge in [0.25, 0.3) is 11.6 Å². The standard InChI is InChI=1S/C20H18N4O5/c1-12-8-16(18(24(27)28)9-13(12)2)21-19(25)11-29-20(26)17-10-15(22-23-17)14-6-4-3-5-7-14/h3-10H,11H2,1-2H3,(H,21,25)(H,22,23). The number of nitrogens with one attached hydrogen (secondary N) is 2. The van der Waals surface area contributed by atoms with E-state index in [2.05, 4.69) is 15.5 Å². The van der Waals surface area contributed by atoms with Gasteiger partial charge in [-0.25, -0.2) is 4.79 Å². The molecule has 29 heavy (non-hydrogen) atoms. The number of ether oxygens (including phenoxy) is 1. The minimum atomic E-state index is -0.760. The number of nitrogens with zero attached hydrogens (tertiary/aromatic N) is 2. The molecule has 0 saturated heterocycles. The first-order valence-electron chi connectivity index (χ1n) is 8.68. The zero-order chi connectivity index (χ0) is 21.0. The van der Waals surface area contributed by atoms with Crippen LogP contribution in [0.1, 0.15) is 21.6 Å². The molecule has 0 spiro atoms. The first kappa shape index (κ1) is 19.7. The molecule has 2 N–H and O–H groups in total. The first-order valence-corrected chi connectivity index (χ1v) is 8.68. The molecule has 0 unspecified atom stereocenters. The van der Waals surface area contributed by atoms with E-state index in [9.17, 15) is 19.7 Å². The van der Waals surface area contributed by atoms with Crippen molar-refractivity contribution in [1.29, 1.82) is 0 Å². The van der Waals surface area contributed by atoms with Crippen LogP contribution in [-0.4, -0.2) is 33.6 Å². The molecule has 3 rings (SSSR count). The van der Waals surface area contributed by atoms with Gasteiger partial charge in [0, 0.05) is 11.6 Å². The quantitative estimate of drug-likeness (QED) is 0.375. The van der Waals surface area contributed by atoms with Crippen molar-refractivity contribution in [3.8, 4) is 11.3 Å². The zero-order valence-corrected chi connectivity index (χ0v) is 15.8. The maximum absolute atomic E-state index is 12.1. The number of esters is 1. The Balaban J connectivity index is 1.63. The number of hydrogen-bond donors (Lipinski definition) is 2. The Hall–Kier alpha value is -4.01. The van der Waals surface area contributed by atoms with Gasteiger partial charge in [0.15, 0.2) is 6.61 Å². The predicted octanol–water partition coefficient (Wildman–Crippen LogP) is 3.40. The van der Waals surface area contributed by atoms with Gasteiger partial charge in [-0.2, -0.15) is 5.10 Å². The fraction of sp³-hybridized carbons (Fsp3) is 0.150. The summed E-state index contributed by atoms with van der Waals surface area (Å²) >= 11 is 0. The van der Waals surface area contributed by atoms with Crippen LogP contribution < -0.4 is 5.32 Å². The van der Waals surface area contributed by atoms with Gasteiger partial charge >= 0.3 is 5.97 Å². The molecular formula is C20H18N4O5. The van der Waals surface area contributed by atoms with E-state index in [-0.39, 0.29) is 17.1 Å². The third-order valence-corrected chi connectivity index (χ3v) is 4.28. The van der Waals surface area contributed by atoms with E-state index in [1.165, 1.54) is 18.2 Å². The zero-order valence-electron chi connectivity index (χ0n) is 15.8. The summed E-state index contributed by atoms with van der Waals surface area (Å²) in [4.78, 5) is 34.9. The largest absolute Gasteiger partial charge is 0.451 e. The third-order valence-electron chi connectivity index (χ3n) is 4.28. The van der Waals surface area contributed by atoms with Crippen LogP contribution in [0.5, 0.6) is 0 Å². The van der Waals surface area contributed by atoms with Crippen LogP contribution in [0.15, 0.2) is 48.5 Å². The van der Waals surface area contributed by atoms with Crippen molar-refractivity contribution < 1.29 is 19.2 Å². The fourth-order valence-corrected chi connectivity index (χ4v) is 2.63. The third kappa shape index (κ3) is 4.64. The maximum atomic E-state index is 12.1. The minimum Gasteiger partial charge on any atom is -0.451 e. The molecule has 0 radical (unpaired) electrons. The smallest absolute Gasteiger partial charge is 0.356 e. The topological polar surface area (TPSA) is 127 Å². The second-order valence-corrected chi connectivity index (χ2v) is 6.37. The number of aromatic nitrogens is 2. The molecule has 9 heteroatoms. The number of carbonyl (C=O) groups is 2. The summed E-state index contributed by atoms with van der Waals surface area (Å²) in [7, 11) is 0. The van der Waals surface area contributed by atoms with Crippen LogP contribution >= 0.6 is 0 Å². The van der Waals surface area contributed by atoms with E-state index >= 15 is 0 Å². The number of nitro benzene ring substituents is 1. The van der Waals surface area contributed by atoms with Crippen molar-refractivity contribution in [2.45, 2.75) is 13.8 Å². The molecule has 1 heterocycles. The van der Waals surface area contributed by atoms with Crippen LogP contribution in [0.3, 0.4) is 0 Å². The first-order chi connectivity index (χ1) is 13.8. The number of carbonyl (C=O) groups excluding carboxylic acids is 2. The highest BCUT2D eigenvalue weighted by molar-refractivity contribution is 5.96. The SMILES string of the molecule is Cc1cc(NC(=O)COC(=O)c2cc(-c3ccccc3)n[nH]2)c([N+](=O)[O-])cc1C. The number of nitro groups is 1. The van der Waals surface area contributed by atoms with Gasteiger partial charge in [0.05, 0.1) is 10.6 Å². The summed E-state index contributed by atoms with van der Waals surface area (Å²) in [6.07, 6.45) is 0. The summed E-state index contributed by atoms with van der Waals surface area (Å²) in [6.45, 7) is 2.92. The summed E-state index contributed by atoms with van der Waals surface area (Å²) in [5.41, 5.74) is 2.81. The highest BCUT2D eigenvalue weighted by Gasteiger charge is 2.19. The van der Waals surface area contributed by atoms with Gasteiger partial charge in [-0.15, -0.1) is 0 Å². The summed E-state index contributed by atoms with van der Waals surface area (Å²) in [5.74, 6) is -1.45. The number of benzene rings is 2. The lowest BCUT2D eigenvalue weighted by Crippen LogP contribution is -2.21. The summed E-state index contributed by atoms with van der Waals surface area (Å²) < 4.78 is 4.97. The number of aromatic amines is 1. The van der Waals surface area contributed by atoms with E-state index in [1.807, 2.05) is 30.3 Å². The lowest BCUT2D eigenvalue weighted by Gasteiger charge is -2.09. The second-order valence-electron chi connectivity index (χ2n) is 6.37. The molecule has 3 aromatic rings. The van der Waals surface area contributed by atoms with Crippen LogP contribution in [0.4, 0.5) is 11.4 Å². The Morgan fingerprint density at radius 1 is 1.14 bits per heavy atom. The van der Waals surface area contributed by atoms with Gasteiger partial charge in [0.2, 0.25) is 0 Å². The van der Waals surface area contributed by atoms with Crippen molar-refractivity contribution >= 4 is 23.3 Å². The normalized spacial score (nSPS) is 10.4. The lowest BCUT2D eigenvalue weighted by molar-refractivity contribution is -0.384. The molecule has 0 aliphatic carbocycles. The Morgan fingerprint density at radius 3 is 2.52 bits per heavy atom. The van der Waals surface area contributed by atoms with Crippen molar-refractivity contribution in [2.75, 3.05) is 11.9 Å². The average molecular weight is 394 g/mol. The van der Waals surface area contributed by atoms with E-state index < -0.39 is 23.4 Å². The van der Waals surface area contributed by atoms with Gasteiger partial charge in [0.1, 0.15) is 11.4 Å². The van der Waals surface area contributed by atoms with Crippen LogP contribution in [0, 0.1) is 24.0 Å². The minimum absolute atomic E-state index is 0.0482. The molecule has 0 bridgehead atoms. The number of aryl methyl sites for hydroxylation is 2. The fourth-order valence-electron chi connectivity index (χ4n) is 2.63. The van der Waals surface area contributed by atoms with Gasteiger partial charge in [-0.1, -0.05) is 30.3 Å². The predicted molar refractivity (Wildman–Crippen MR) is 106 cm³/mol. The van der Waals surface area contributed by atoms with Crippen molar-refractivity contribution in [2.24, 2.45) is 0 Å². The van der Waals surface area contributed by atoms with Gasteiger partial charge < -0.3 is 10.1 Å². The Morgan fingerprint density at radius 2 is 1.83 bits per heavy atom. The number of H-pyrrole nitrogens is 1. The van der Waals surface area contributed by atoms with Crippen molar-refractivity contribution in [1.82, 2.24) is 10.2 Å². The molecule has 0 aliphatic heterocycles. The molecule has 0 saturated carbocycles. The van der Waals surface area contributed by atoms with Gasteiger partial charge in [-0.05, 0) is 37.1 Å². The van der Waals surface area contributed by atoms with Crippen LogP contribution in [0.2, 0.25) is 0 Å². The highest BCUT2D eigenvalue weighted by atomic mass is 16.6. The van der Waals surface area contributed by atoms with Crippen molar-refractivity contribution in [3.63, 3.8) is 0 Å². The number of anilines is 1. The number of rotatable bonds is 6. The molecule has 0 fully saturated rings. The molecular weight excluding hydrogens is 376 g/mol. The maximum Gasteiger partial charge on any atom is 0.356 e. The Bertz CT molecular complexity index is 1080. The van der Waals surface area contributed by atoms with E-state index in [0.717, 1.165) is 16.7 Å². The van der Waals surface area contributed by atoms with E-state index in [0.29, 0.717) is 5.69 Å². The Kier molecular flexibility index (Phi) is 5.68. The molecule has 9 nitrogen and oxygen atoms in total. The van der Waals surface area contributed by atoms with E-state index in [1.54, 1.807) is 13.8 Å². The average Bonchev–Trinajstić information content (AvgIpc) is 3.19. The molecule has 0 aliphatic rings. The highest BCUT2D eigenvalue weighted by Crippen LogP contribution is 2.27.